The zero-order valence-electron chi connectivity index (χ0n) is 10.9. The molecule has 0 saturated carbocycles. The molecule has 0 radical (unpaired) electrons. The molecule has 0 spiro atoms. The molecule has 0 fully saturated rings. The Morgan fingerprint density at radius 2 is 1.40 bits per heavy atom. The number of nitrogens with zero attached hydrogens (tertiary/aromatic N) is 2. The minimum atomic E-state index is -0.210. The fraction of sp³-hybridized carbons (Fsp3) is 1.00. The van der Waals surface area contributed by atoms with Gasteiger partial charge in [-0.05, 0) is 46.1 Å². The van der Waals surface area contributed by atoms with Gasteiger partial charge in [0.2, 0.25) is 0 Å². The van der Waals surface area contributed by atoms with Gasteiger partial charge in [0.25, 0.3) is 0 Å². The molecular formula is C12H28N2O. The summed E-state index contributed by atoms with van der Waals surface area (Å²) >= 11 is 0. The fourth-order valence-electron chi connectivity index (χ4n) is 1.81. The summed E-state index contributed by atoms with van der Waals surface area (Å²) in [5.41, 5.74) is 0. The first-order chi connectivity index (χ1) is 7.13. The molecule has 3 heteroatoms. The molecule has 0 aliphatic heterocycles. The maximum absolute atomic E-state index is 9.30. The van der Waals surface area contributed by atoms with Gasteiger partial charge in [0, 0.05) is 6.54 Å². The van der Waals surface area contributed by atoms with E-state index in [0.717, 1.165) is 32.7 Å². The van der Waals surface area contributed by atoms with Crippen LogP contribution in [0.5, 0.6) is 0 Å². The fourth-order valence-corrected chi connectivity index (χ4v) is 1.81. The molecular weight excluding hydrogens is 188 g/mol. The van der Waals surface area contributed by atoms with Crippen molar-refractivity contribution in [2.75, 3.05) is 39.3 Å². The molecule has 0 bridgehead atoms. The Hall–Kier alpha value is -0.120. The Kier molecular flexibility index (Phi) is 9.06. The van der Waals surface area contributed by atoms with Gasteiger partial charge >= 0.3 is 0 Å². The lowest BCUT2D eigenvalue weighted by molar-refractivity contribution is 0.126. The molecule has 1 atom stereocenters. The molecule has 1 unspecified atom stereocenters. The third kappa shape index (κ3) is 7.77. The van der Waals surface area contributed by atoms with Crippen molar-refractivity contribution in [2.45, 2.75) is 40.2 Å². The van der Waals surface area contributed by atoms with Crippen LogP contribution in [0.3, 0.4) is 0 Å². The van der Waals surface area contributed by atoms with Crippen LogP contribution in [0, 0.1) is 0 Å². The van der Waals surface area contributed by atoms with Gasteiger partial charge < -0.3 is 14.9 Å². The van der Waals surface area contributed by atoms with E-state index in [1.165, 1.54) is 13.0 Å². The van der Waals surface area contributed by atoms with E-state index in [4.69, 9.17) is 0 Å². The highest BCUT2D eigenvalue weighted by Gasteiger charge is 2.06. The first-order valence-corrected chi connectivity index (χ1v) is 6.26. The molecule has 0 rings (SSSR count). The summed E-state index contributed by atoms with van der Waals surface area (Å²) in [5.74, 6) is 0. The van der Waals surface area contributed by atoms with E-state index in [1.807, 2.05) is 6.92 Å². The number of aliphatic hydroxyl groups excluding tert-OH is 1. The summed E-state index contributed by atoms with van der Waals surface area (Å²) in [6.07, 6.45) is 0.987. The van der Waals surface area contributed by atoms with Gasteiger partial charge in [-0.1, -0.05) is 20.8 Å². The molecule has 0 aliphatic rings. The first kappa shape index (κ1) is 14.9. The van der Waals surface area contributed by atoms with Crippen LogP contribution in [0.4, 0.5) is 0 Å². The number of hydrogen-bond acceptors (Lipinski definition) is 3. The van der Waals surface area contributed by atoms with Crippen molar-refractivity contribution in [3.63, 3.8) is 0 Å². The van der Waals surface area contributed by atoms with Crippen LogP contribution < -0.4 is 0 Å². The Bertz CT molecular complexity index is 136. The van der Waals surface area contributed by atoms with Crippen molar-refractivity contribution >= 4 is 0 Å². The molecule has 0 aromatic heterocycles. The summed E-state index contributed by atoms with van der Waals surface area (Å²) in [6, 6.07) is 0. The lowest BCUT2D eigenvalue weighted by Gasteiger charge is -2.24. The van der Waals surface area contributed by atoms with Crippen LogP contribution in [0.25, 0.3) is 0 Å². The van der Waals surface area contributed by atoms with Crippen molar-refractivity contribution in [1.82, 2.24) is 9.80 Å². The van der Waals surface area contributed by atoms with E-state index in [-0.39, 0.29) is 6.10 Å². The predicted molar refractivity (Wildman–Crippen MR) is 66.2 cm³/mol. The van der Waals surface area contributed by atoms with Gasteiger partial charge in [-0.25, -0.2) is 0 Å². The molecule has 3 nitrogen and oxygen atoms in total. The zero-order chi connectivity index (χ0) is 11.7. The number of aliphatic hydroxyl groups is 1. The molecule has 0 saturated heterocycles. The highest BCUT2D eigenvalue weighted by Crippen LogP contribution is 1.97. The average molecular weight is 216 g/mol. The number of rotatable bonds is 9. The van der Waals surface area contributed by atoms with E-state index >= 15 is 0 Å². The molecule has 0 aliphatic carbocycles. The van der Waals surface area contributed by atoms with E-state index in [2.05, 4.69) is 30.6 Å². The van der Waals surface area contributed by atoms with E-state index < -0.39 is 0 Å². The van der Waals surface area contributed by atoms with Crippen molar-refractivity contribution in [3.05, 3.63) is 0 Å². The third-order valence-corrected chi connectivity index (χ3v) is 2.81. The molecule has 0 heterocycles. The van der Waals surface area contributed by atoms with Gasteiger partial charge in [-0.2, -0.15) is 0 Å². The second kappa shape index (κ2) is 9.13. The standard InChI is InChI=1S/C12H28N2O/c1-5-13(6-2)9-8-10-14(7-3)11-12(4)15/h12,15H,5-11H2,1-4H3. The molecule has 0 amide bonds. The van der Waals surface area contributed by atoms with Crippen LogP contribution in [0.1, 0.15) is 34.1 Å². The van der Waals surface area contributed by atoms with Crippen molar-refractivity contribution < 1.29 is 5.11 Å². The SMILES string of the molecule is CCN(CC)CCCN(CC)CC(C)O. The summed E-state index contributed by atoms with van der Waals surface area (Å²) in [6.45, 7) is 14.8. The largest absolute Gasteiger partial charge is 0.392 e. The highest BCUT2D eigenvalue weighted by atomic mass is 16.3. The topological polar surface area (TPSA) is 26.7 Å². The molecule has 0 aromatic carbocycles. The van der Waals surface area contributed by atoms with Crippen LogP contribution in [-0.4, -0.2) is 60.3 Å². The maximum atomic E-state index is 9.30. The van der Waals surface area contributed by atoms with Gasteiger partial charge in [-0.15, -0.1) is 0 Å². The van der Waals surface area contributed by atoms with Gasteiger partial charge in [0.15, 0.2) is 0 Å². The quantitative estimate of drug-likeness (QED) is 0.631. The average Bonchev–Trinajstić information content (AvgIpc) is 2.22. The van der Waals surface area contributed by atoms with E-state index in [1.54, 1.807) is 0 Å². The van der Waals surface area contributed by atoms with Crippen molar-refractivity contribution in [1.29, 1.82) is 0 Å². The minimum absolute atomic E-state index is 0.210. The van der Waals surface area contributed by atoms with E-state index in [9.17, 15) is 5.11 Å². The molecule has 15 heavy (non-hydrogen) atoms. The second-order valence-corrected chi connectivity index (χ2v) is 4.12. The zero-order valence-corrected chi connectivity index (χ0v) is 10.9. The Morgan fingerprint density at radius 3 is 1.80 bits per heavy atom. The van der Waals surface area contributed by atoms with Crippen molar-refractivity contribution in [2.24, 2.45) is 0 Å². The van der Waals surface area contributed by atoms with Gasteiger partial charge in [0.1, 0.15) is 0 Å². The van der Waals surface area contributed by atoms with Crippen LogP contribution in [-0.2, 0) is 0 Å². The third-order valence-electron chi connectivity index (χ3n) is 2.81. The summed E-state index contributed by atoms with van der Waals surface area (Å²) in [5, 5.41) is 9.30. The number of hydrogen-bond donors (Lipinski definition) is 1. The minimum Gasteiger partial charge on any atom is -0.392 e. The van der Waals surface area contributed by atoms with Crippen LogP contribution in [0.2, 0.25) is 0 Å². The number of likely N-dealkylation sites (N-methyl/N-ethyl adjacent to an activating group) is 1. The lowest BCUT2D eigenvalue weighted by atomic mass is 10.3. The normalized spacial score (nSPS) is 13.8. The lowest BCUT2D eigenvalue weighted by Crippen LogP contribution is -2.34. The Labute approximate surface area is 95.1 Å². The van der Waals surface area contributed by atoms with Crippen molar-refractivity contribution in [3.8, 4) is 0 Å². The molecule has 0 aromatic rings. The van der Waals surface area contributed by atoms with Gasteiger partial charge in [-0.3, -0.25) is 0 Å². The van der Waals surface area contributed by atoms with Crippen LogP contribution in [0.15, 0.2) is 0 Å². The Balaban J connectivity index is 3.61. The summed E-state index contributed by atoms with van der Waals surface area (Å²) < 4.78 is 0. The van der Waals surface area contributed by atoms with Gasteiger partial charge in [0.05, 0.1) is 6.10 Å². The maximum Gasteiger partial charge on any atom is 0.0639 e. The monoisotopic (exact) mass is 216 g/mol. The first-order valence-electron chi connectivity index (χ1n) is 6.26. The smallest absolute Gasteiger partial charge is 0.0639 e. The predicted octanol–water partition coefficient (Wildman–Crippen LogP) is 1.42. The highest BCUT2D eigenvalue weighted by molar-refractivity contribution is 4.61. The molecule has 1 N–H and O–H groups in total. The summed E-state index contributed by atoms with van der Waals surface area (Å²) in [4.78, 5) is 4.75. The van der Waals surface area contributed by atoms with Crippen LogP contribution >= 0.6 is 0 Å². The summed E-state index contributed by atoms with van der Waals surface area (Å²) in [7, 11) is 0. The second-order valence-electron chi connectivity index (χ2n) is 4.12. The molecule has 92 valence electrons. The van der Waals surface area contributed by atoms with E-state index in [0.29, 0.717) is 0 Å². The Morgan fingerprint density at radius 1 is 0.933 bits per heavy atom.